The average molecular weight is 332 g/mol. The Hall–Kier alpha value is -1.42. The lowest BCUT2D eigenvalue weighted by Gasteiger charge is -2.41. The van der Waals surface area contributed by atoms with E-state index in [2.05, 4.69) is 37.6 Å². The molecule has 1 amide bonds. The van der Waals surface area contributed by atoms with Gasteiger partial charge in [-0.3, -0.25) is 14.7 Å². The van der Waals surface area contributed by atoms with Crippen LogP contribution in [0.15, 0.2) is 24.4 Å². The van der Waals surface area contributed by atoms with Crippen molar-refractivity contribution in [3.8, 4) is 0 Å². The predicted octanol–water partition coefficient (Wildman–Crippen LogP) is 3.50. The standard InChI is InChI=1S/C20H33N3O/c1-15(2)14-20(19(21)24,18-10-5-6-12-22-18)11-13-23-16(3)8-7-9-17(23)4/h5-6,10,12,15-17H,7-9,11,13-14H2,1-4H3,(H2,21,24)/t16-,17+,20-/m1/s1. The Bertz CT molecular complexity index is 521. The molecule has 0 saturated carbocycles. The molecule has 1 aliphatic rings. The van der Waals surface area contributed by atoms with Crippen LogP contribution in [0, 0.1) is 5.92 Å². The Morgan fingerprint density at radius 2 is 2.00 bits per heavy atom. The molecule has 1 aromatic heterocycles. The van der Waals surface area contributed by atoms with Crippen molar-refractivity contribution in [2.24, 2.45) is 11.7 Å². The minimum absolute atomic E-state index is 0.243. The van der Waals surface area contributed by atoms with Crippen molar-refractivity contribution in [1.29, 1.82) is 0 Å². The molecule has 4 heteroatoms. The number of pyridine rings is 1. The maximum atomic E-state index is 12.6. The summed E-state index contributed by atoms with van der Waals surface area (Å²) in [5.74, 6) is 0.142. The predicted molar refractivity (Wildman–Crippen MR) is 98.7 cm³/mol. The third-order valence-corrected chi connectivity index (χ3v) is 5.56. The molecule has 1 aliphatic heterocycles. The molecule has 4 nitrogen and oxygen atoms in total. The highest BCUT2D eigenvalue weighted by molar-refractivity contribution is 5.86. The van der Waals surface area contributed by atoms with Crippen molar-refractivity contribution in [1.82, 2.24) is 9.88 Å². The van der Waals surface area contributed by atoms with Crippen LogP contribution in [0.4, 0.5) is 0 Å². The number of hydrogen-bond acceptors (Lipinski definition) is 3. The van der Waals surface area contributed by atoms with Gasteiger partial charge in [0, 0.05) is 24.8 Å². The summed E-state index contributed by atoms with van der Waals surface area (Å²) in [6, 6.07) is 6.94. The summed E-state index contributed by atoms with van der Waals surface area (Å²) in [4.78, 5) is 19.6. The van der Waals surface area contributed by atoms with E-state index >= 15 is 0 Å². The highest BCUT2D eigenvalue weighted by Crippen LogP contribution is 2.35. The fourth-order valence-electron chi connectivity index (χ4n) is 4.26. The molecule has 1 fully saturated rings. The molecule has 0 unspecified atom stereocenters. The van der Waals surface area contributed by atoms with Crippen molar-refractivity contribution in [3.63, 3.8) is 0 Å². The van der Waals surface area contributed by atoms with Gasteiger partial charge in [-0.1, -0.05) is 26.3 Å². The second kappa shape index (κ2) is 8.11. The number of piperidine rings is 1. The topological polar surface area (TPSA) is 59.2 Å². The fraction of sp³-hybridized carbons (Fsp3) is 0.700. The summed E-state index contributed by atoms with van der Waals surface area (Å²) in [5, 5.41) is 0. The van der Waals surface area contributed by atoms with E-state index in [-0.39, 0.29) is 5.91 Å². The zero-order valence-corrected chi connectivity index (χ0v) is 15.7. The lowest BCUT2D eigenvalue weighted by molar-refractivity contribution is -0.125. The number of amides is 1. The summed E-state index contributed by atoms with van der Waals surface area (Å²) in [5.41, 5.74) is 6.09. The number of rotatable bonds is 7. The minimum atomic E-state index is -0.674. The molecule has 0 aromatic carbocycles. The second-order valence-electron chi connectivity index (χ2n) is 7.88. The SMILES string of the molecule is CC(C)C[C@@](CCN1[C@H](C)CCC[C@@H]1C)(C(N)=O)c1ccccn1. The maximum Gasteiger partial charge on any atom is 0.229 e. The molecule has 0 radical (unpaired) electrons. The monoisotopic (exact) mass is 331 g/mol. The highest BCUT2D eigenvalue weighted by Gasteiger charge is 2.41. The average Bonchev–Trinajstić information content (AvgIpc) is 2.53. The molecule has 1 saturated heterocycles. The first-order valence-electron chi connectivity index (χ1n) is 9.34. The van der Waals surface area contributed by atoms with E-state index < -0.39 is 5.41 Å². The van der Waals surface area contributed by atoms with Crippen LogP contribution in [0.1, 0.15) is 65.5 Å². The van der Waals surface area contributed by atoms with Crippen LogP contribution in [-0.2, 0) is 10.2 Å². The van der Waals surface area contributed by atoms with Crippen molar-refractivity contribution >= 4 is 5.91 Å². The van der Waals surface area contributed by atoms with Gasteiger partial charge in [-0.05, 0) is 57.6 Å². The first kappa shape index (κ1) is 18.9. The number of carbonyl (C=O) groups excluding carboxylic acids is 1. The van der Waals surface area contributed by atoms with Crippen molar-refractivity contribution in [2.75, 3.05) is 6.54 Å². The Morgan fingerprint density at radius 1 is 1.33 bits per heavy atom. The first-order valence-corrected chi connectivity index (χ1v) is 9.34. The van der Waals surface area contributed by atoms with E-state index in [0.717, 1.165) is 25.1 Å². The molecule has 2 N–H and O–H groups in total. The zero-order valence-electron chi connectivity index (χ0n) is 15.7. The molecule has 0 bridgehead atoms. The van der Waals surface area contributed by atoms with E-state index in [1.54, 1.807) is 6.20 Å². The number of nitrogens with zero attached hydrogens (tertiary/aromatic N) is 2. The number of carbonyl (C=O) groups is 1. The van der Waals surface area contributed by atoms with Crippen LogP contribution in [0.3, 0.4) is 0 Å². The van der Waals surface area contributed by atoms with Gasteiger partial charge >= 0.3 is 0 Å². The van der Waals surface area contributed by atoms with E-state index in [1.807, 2.05) is 18.2 Å². The molecule has 2 heterocycles. The van der Waals surface area contributed by atoms with Crippen molar-refractivity contribution in [2.45, 2.75) is 77.3 Å². The largest absolute Gasteiger partial charge is 0.369 e. The number of likely N-dealkylation sites (tertiary alicyclic amines) is 1. The summed E-state index contributed by atoms with van der Waals surface area (Å²) >= 11 is 0. The van der Waals surface area contributed by atoms with Gasteiger partial charge in [0.15, 0.2) is 0 Å². The van der Waals surface area contributed by atoms with Crippen LogP contribution in [0.25, 0.3) is 0 Å². The maximum absolute atomic E-state index is 12.6. The summed E-state index contributed by atoms with van der Waals surface area (Å²) in [6.07, 6.45) is 7.02. The van der Waals surface area contributed by atoms with Crippen LogP contribution >= 0.6 is 0 Å². The second-order valence-corrected chi connectivity index (χ2v) is 7.88. The van der Waals surface area contributed by atoms with Crippen molar-refractivity contribution < 1.29 is 4.79 Å². The van der Waals surface area contributed by atoms with Gasteiger partial charge in [0.25, 0.3) is 0 Å². The van der Waals surface area contributed by atoms with Gasteiger partial charge in [0.1, 0.15) is 0 Å². The summed E-state index contributed by atoms with van der Waals surface area (Å²) in [7, 11) is 0. The lowest BCUT2D eigenvalue weighted by atomic mass is 9.73. The highest BCUT2D eigenvalue weighted by atomic mass is 16.1. The van der Waals surface area contributed by atoms with Gasteiger partial charge in [0.05, 0.1) is 11.1 Å². The zero-order chi connectivity index (χ0) is 17.7. The Morgan fingerprint density at radius 3 is 2.50 bits per heavy atom. The molecular formula is C20H33N3O. The Labute approximate surface area is 146 Å². The number of aromatic nitrogens is 1. The molecule has 24 heavy (non-hydrogen) atoms. The molecular weight excluding hydrogens is 298 g/mol. The van der Waals surface area contributed by atoms with Gasteiger partial charge in [-0.2, -0.15) is 0 Å². The van der Waals surface area contributed by atoms with Crippen LogP contribution in [0.2, 0.25) is 0 Å². The minimum Gasteiger partial charge on any atom is -0.369 e. The molecule has 1 aromatic rings. The summed E-state index contributed by atoms with van der Waals surface area (Å²) in [6.45, 7) is 9.78. The van der Waals surface area contributed by atoms with Gasteiger partial charge in [-0.25, -0.2) is 0 Å². The van der Waals surface area contributed by atoms with Gasteiger partial charge < -0.3 is 5.73 Å². The third kappa shape index (κ3) is 4.15. The Balaban J connectivity index is 2.27. The number of nitrogens with two attached hydrogens (primary N) is 1. The van der Waals surface area contributed by atoms with E-state index in [1.165, 1.54) is 19.3 Å². The normalized spacial score (nSPS) is 24.7. The molecule has 0 aliphatic carbocycles. The summed E-state index contributed by atoms with van der Waals surface area (Å²) < 4.78 is 0. The first-order chi connectivity index (χ1) is 11.4. The van der Waals surface area contributed by atoms with E-state index in [0.29, 0.717) is 18.0 Å². The van der Waals surface area contributed by atoms with E-state index in [4.69, 9.17) is 5.73 Å². The number of primary amides is 1. The van der Waals surface area contributed by atoms with Crippen molar-refractivity contribution in [3.05, 3.63) is 30.1 Å². The smallest absolute Gasteiger partial charge is 0.229 e. The number of hydrogen-bond donors (Lipinski definition) is 1. The van der Waals surface area contributed by atoms with Crippen LogP contribution < -0.4 is 5.73 Å². The lowest BCUT2D eigenvalue weighted by Crippen LogP contribution is -2.49. The third-order valence-electron chi connectivity index (χ3n) is 5.56. The molecule has 0 spiro atoms. The van der Waals surface area contributed by atoms with Crippen LogP contribution in [-0.4, -0.2) is 34.4 Å². The molecule has 3 atom stereocenters. The Kier molecular flexibility index (Phi) is 6.39. The van der Waals surface area contributed by atoms with Crippen LogP contribution in [0.5, 0.6) is 0 Å². The van der Waals surface area contributed by atoms with Gasteiger partial charge in [0.2, 0.25) is 5.91 Å². The fourth-order valence-corrected chi connectivity index (χ4v) is 4.26. The van der Waals surface area contributed by atoms with Gasteiger partial charge in [-0.15, -0.1) is 0 Å². The van der Waals surface area contributed by atoms with E-state index in [9.17, 15) is 4.79 Å². The quantitative estimate of drug-likeness (QED) is 0.832. The molecule has 134 valence electrons. The molecule has 2 rings (SSSR count).